The molecule has 0 spiro atoms. The lowest BCUT2D eigenvalue weighted by Gasteiger charge is -2.05. The quantitative estimate of drug-likeness (QED) is 0.675. The molecule has 1 heteroatoms. The van der Waals surface area contributed by atoms with E-state index in [2.05, 4.69) is 53.2 Å². The third kappa shape index (κ3) is 3.06. The predicted molar refractivity (Wildman–Crippen MR) is 53.2 cm³/mol. The first-order valence-corrected chi connectivity index (χ1v) is 4.92. The van der Waals surface area contributed by atoms with Crippen LogP contribution in [0.4, 0.5) is 0 Å². The highest BCUT2D eigenvalue weighted by molar-refractivity contribution is 9.09. The predicted octanol–water partition coefficient (Wildman–Crippen LogP) is 3.40. The normalized spacial score (nSPS) is 12.9. The summed E-state index contributed by atoms with van der Waals surface area (Å²) in [5, 5.41) is 0. The summed E-state index contributed by atoms with van der Waals surface area (Å²) in [6, 6.07) is 10.6. The fourth-order valence-corrected chi connectivity index (χ4v) is 1.39. The van der Waals surface area contributed by atoms with Gasteiger partial charge >= 0.3 is 0 Å². The Morgan fingerprint density at radius 3 is 2.45 bits per heavy atom. The van der Waals surface area contributed by atoms with Crippen LogP contribution in [0.5, 0.6) is 0 Å². The number of halogens is 1. The minimum Gasteiger partial charge on any atom is -0.0887 e. The first-order valence-electron chi connectivity index (χ1n) is 4.01. The molecule has 0 aromatic heterocycles. The van der Waals surface area contributed by atoms with Crippen LogP contribution < -0.4 is 0 Å². The Balaban J connectivity index is 2.51. The molecule has 1 aromatic rings. The van der Waals surface area contributed by atoms with E-state index in [1.807, 2.05) is 0 Å². The molecule has 0 aliphatic heterocycles. The van der Waals surface area contributed by atoms with Crippen molar-refractivity contribution >= 4 is 15.9 Å². The van der Waals surface area contributed by atoms with E-state index in [0.717, 1.165) is 6.42 Å². The van der Waals surface area contributed by atoms with Crippen LogP contribution in [0, 0.1) is 0 Å². The monoisotopic (exact) mass is 212 g/mol. The lowest BCUT2D eigenvalue weighted by Crippen LogP contribution is -1.99. The number of hydrogen-bond acceptors (Lipinski definition) is 0. The minimum absolute atomic E-state index is 0.630. The smallest absolute Gasteiger partial charge is 0.0183 e. The molecule has 0 radical (unpaired) electrons. The van der Waals surface area contributed by atoms with Crippen LogP contribution in [0.15, 0.2) is 30.3 Å². The third-order valence-electron chi connectivity index (χ3n) is 1.74. The van der Waals surface area contributed by atoms with Gasteiger partial charge in [0.25, 0.3) is 0 Å². The van der Waals surface area contributed by atoms with Crippen LogP contribution >= 0.6 is 15.9 Å². The van der Waals surface area contributed by atoms with Crippen LogP contribution in [0.1, 0.15) is 18.9 Å². The topological polar surface area (TPSA) is 0 Å². The molecule has 0 bridgehead atoms. The van der Waals surface area contributed by atoms with E-state index in [-0.39, 0.29) is 0 Å². The summed E-state index contributed by atoms with van der Waals surface area (Å²) < 4.78 is 0. The highest BCUT2D eigenvalue weighted by Gasteiger charge is 2.00. The number of alkyl halides is 1. The van der Waals surface area contributed by atoms with Gasteiger partial charge in [-0.3, -0.25) is 0 Å². The Bertz CT molecular complexity index is 193. The average molecular weight is 213 g/mol. The van der Waals surface area contributed by atoms with E-state index >= 15 is 0 Å². The van der Waals surface area contributed by atoms with Gasteiger partial charge in [-0.1, -0.05) is 53.2 Å². The summed E-state index contributed by atoms with van der Waals surface area (Å²) in [7, 11) is 0. The van der Waals surface area contributed by atoms with Crippen molar-refractivity contribution in [3.8, 4) is 0 Å². The second kappa shape index (κ2) is 4.55. The van der Waals surface area contributed by atoms with Crippen molar-refractivity contribution in [3.05, 3.63) is 35.9 Å². The number of rotatable bonds is 3. The van der Waals surface area contributed by atoms with Crippen LogP contribution in [0.3, 0.4) is 0 Å². The molecule has 60 valence electrons. The molecule has 1 rings (SSSR count). The lowest BCUT2D eigenvalue weighted by molar-refractivity contribution is 0.830. The molecule has 1 atom stereocenters. The highest BCUT2D eigenvalue weighted by atomic mass is 79.9. The van der Waals surface area contributed by atoms with Gasteiger partial charge in [-0.25, -0.2) is 0 Å². The van der Waals surface area contributed by atoms with Gasteiger partial charge in [0.05, 0.1) is 0 Å². The maximum atomic E-state index is 3.61. The van der Waals surface area contributed by atoms with Crippen molar-refractivity contribution in [1.29, 1.82) is 0 Å². The summed E-state index contributed by atoms with van der Waals surface area (Å²) >= 11 is 3.61. The molecule has 1 aromatic carbocycles. The molecule has 0 nitrogen and oxygen atoms in total. The van der Waals surface area contributed by atoms with E-state index in [1.165, 1.54) is 12.0 Å². The zero-order valence-electron chi connectivity index (χ0n) is 6.76. The lowest BCUT2D eigenvalue weighted by atomic mass is 10.1. The first-order chi connectivity index (χ1) is 5.33. The third-order valence-corrected chi connectivity index (χ3v) is 2.71. The first kappa shape index (κ1) is 8.79. The Hall–Kier alpha value is -0.300. The van der Waals surface area contributed by atoms with Gasteiger partial charge in [-0.15, -0.1) is 0 Å². The van der Waals surface area contributed by atoms with Crippen LogP contribution in [0.25, 0.3) is 0 Å². The van der Waals surface area contributed by atoms with E-state index in [4.69, 9.17) is 0 Å². The van der Waals surface area contributed by atoms with Crippen LogP contribution in [-0.2, 0) is 6.42 Å². The molecule has 0 amide bonds. The van der Waals surface area contributed by atoms with E-state index < -0.39 is 0 Å². The van der Waals surface area contributed by atoms with Crippen LogP contribution in [-0.4, -0.2) is 4.83 Å². The Kier molecular flexibility index (Phi) is 3.64. The molecule has 0 aliphatic carbocycles. The number of hydrogen-bond donors (Lipinski definition) is 0. The Morgan fingerprint density at radius 2 is 1.91 bits per heavy atom. The van der Waals surface area contributed by atoms with Crippen molar-refractivity contribution in [3.63, 3.8) is 0 Å². The van der Waals surface area contributed by atoms with Gasteiger partial charge in [-0.05, 0) is 18.4 Å². The molecular formula is C10H13Br. The van der Waals surface area contributed by atoms with Gasteiger partial charge in [-0.2, -0.15) is 0 Å². The largest absolute Gasteiger partial charge is 0.0887 e. The summed E-state index contributed by atoms with van der Waals surface area (Å²) in [5.41, 5.74) is 1.41. The van der Waals surface area contributed by atoms with Gasteiger partial charge in [0, 0.05) is 4.83 Å². The Labute approximate surface area is 76.8 Å². The SMILES string of the molecule is CC[C@@H](Br)Cc1ccccc1. The van der Waals surface area contributed by atoms with E-state index in [1.54, 1.807) is 0 Å². The molecule has 0 saturated heterocycles. The second-order valence-corrected chi connectivity index (χ2v) is 3.99. The summed E-state index contributed by atoms with van der Waals surface area (Å²) in [6.45, 7) is 2.20. The maximum absolute atomic E-state index is 3.61. The fourth-order valence-electron chi connectivity index (χ4n) is 1.01. The maximum Gasteiger partial charge on any atom is 0.0183 e. The molecule has 0 N–H and O–H groups in total. The van der Waals surface area contributed by atoms with Crippen molar-refractivity contribution in [2.24, 2.45) is 0 Å². The van der Waals surface area contributed by atoms with Gasteiger partial charge in [0.2, 0.25) is 0 Å². The van der Waals surface area contributed by atoms with Gasteiger partial charge < -0.3 is 0 Å². The molecule has 11 heavy (non-hydrogen) atoms. The standard InChI is InChI=1S/C10H13Br/c1-2-10(11)8-9-6-4-3-5-7-9/h3-7,10H,2,8H2,1H3/t10-/m1/s1. The summed E-state index contributed by atoms with van der Waals surface area (Å²) in [6.07, 6.45) is 2.33. The molecule has 0 saturated carbocycles. The molecule has 0 fully saturated rings. The van der Waals surface area contributed by atoms with Crippen molar-refractivity contribution in [2.75, 3.05) is 0 Å². The fraction of sp³-hybridized carbons (Fsp3) is 0.400. The second-order valence-electron chi connectivity index (χ2n) is 2.70. The summed E-state index contributed by atoms with van der Waals surface area (Å²) in [4.78, 5) is 0.630. The van der Waals surface area contributed by atoms with E-state index in [0.29, 0.717) is 4.83 Å². The van der Waals surface area contributed by atoms with Crippen molar-refractivity contribution < 1.29 is 0 Å². The zero-order valence-corrected chi connectivity index (χ0v) is 8.34. The number of benzene rings is 1. The van der Waals surface area contributed by atoms with Gasteiger partial charge in [0.15, 0.2) is 0 Å². The van der Waals surface area contributed by atoms with Crippen molar-refractivity contribution in [1.82, 2.24) is 0 Å². The molecule has 0 unspecified atom stereocenters. The Morgan fingerprint density at radius 1 is 1.27 bits per heavy atom. The highest BCUT2D eigenvalue weighted by Crippen LogP contribution is 2.12. The molecular weight excluding hydrogens is 200 g/mol. The average Bonchev–Trinajstić information content (AvgIpc) is 2.06. The molecule has 0 heterocycles. The van der Waals surface area contributed by atoms with Crippen molar-refractivity contribution in [2.45, 2.75) is 24.6 Å². The van der Waals surface area contributed by atoms with E-state index in [9.17, 15) is 0 Å². The molecule has 0 aliphatic rings. The van der Waals surface area contributed by atoms with Gasteiger partial charge in [0.1, 0.15) is 0 Å². The zero-order chi connectivity index (χ0) is 8.10. The minimum atomic E-state index is 0.630. The van der Waals surface area contributed by atoms with Crippen LogP contribution in [0.2, 0.25) is 0 Å². The summed E-state index contributed by atoms with van der Waals surface area (Å²) in [5.74, 6) is 0.